The molecule has 2 saturated heterocycles. The molecule has 3 aromatic carbocycles. The van der Waals surface area contributed by atoms with Gasteiger partial charge in [0.2, 0.25) is 0 Å². The molecule has 3 aromatic rings. The number of aliphatic carboxylic acids is 1. The van der Waals surface area contributed by atoms with Crippen molar-refractivity contribution >= 4 is 29.4 Å². The van der Waals surface area contributed by atoms with Gasteiger partial charge >= 0.3 is 5.97 Å². The lowest BCUT2D eigenvalue weighted by atomic mass is 9.74. The van der Waals surface area contributed by atoms with Crippen molar-refractivity contribution in [1.29, 1.82) is 0 Å². The van der Waals surface area contributed by atoms with Gasteiger partial charge in [-0.2, -0.15) is 0 Å². The number of benzene rings is 3. The van der Waals surface area contributed by atoms with E-state index < -0.39 is 171 Å². The molecule has 0 spiro atoms. The summed E-state index contributed by atoms with van der Waals surface area (Å²) in [6.45, 7) is 3.27. The number of methoxy groups -OCH3 is 1. The maximum atomic E-state index is 14.1. The molecule has 348 valence electrons. The molecule has 0 saturated carbocycles. The largest absolute Gasteiger partial charge is 0.507 e. The summed E-state index contributed by atoms with van der Waals surface area (Å²) in [6.07, 6.45) is -17.9. The van der Waals surface area contributed by atoms with Crippen LogP contribution in [-0.2, 0) is 23.7 Å². The zero-order chi connectivity index (χ0) is 47.7. The van der Waals surface area contributed by atoms with Crippen LogP contribution in [-0.4, -0.2) is 155 Å². The van der Waals surface area contributed by atoms with E-state index in [4.69, 9.17) is 29.4 Å². The number of hydrazine groups is 1. The topological polar surface area (TPSA) is 402 Å². The number of aliphatic hydroxyl groups is 5. The van der Waals surface area contributed by atoms with E-state index in [1.807, 2.05) is 0 Å². The number of nitro groups is 1. The first-order chi connectivity index (χ1) is 30.6. The van der Waals surface area contributed by atoms with E-state index >= 15 is 0 Å². The van der Waals surface area contributed by atoms with Crippen molar-refractivity contribution in [2.75, 3.05) is 13.7 Å². The molecule has 25 nitrogen and oxygen atoms in total. The van der Waals surface area contributed by atoms with Crippen molar-refractivity contribution in [2.24, 2.45) is 10.7 Å². The number of phenolic OH excluding ortho intramolecular Hbond substituents is 3. The lowest BCUT2D eigenvalue weighted by Gasteiger charge is -2.46. The number of nitrogens with zero attached hydrogens (tertiary/aromatic N) is 2. The quantitative estimate of drug-likeness (QED) is 0.0364. The molecule has 0 aromatic heterocycles. The highest BCUT2D eigenvalue weighted by Gasteiger charge is 2.52. The molecule has 2 fully saturated rings. The van der Waals surface area contributed by atoms with E-state index in [0.717, 1.165) is 25.1 Å². The first-order valence-corrected chi connectivity index (χ1v) is 19.6. The summed E-state index contributed by atoms with van der Waals surface area (Å²) >= 11 is 0. The number of ketones is 2. The number of nitrogens with two attached hydrogens (primary N) is 1. The number of hydrogen-bond acceptors (Lipinski definition) is 20. The monoisotopic (exact) mass is 913 g/mol. The van der Waals surface area contributed by atoms with Crippen LogP contribution in [0.15, 0.2) is 29.3 Å². The van der Waals surface area contributed by atoms with Crippen LogP contribution in [0.25, 0.3) is 11.1 Å². The number of fused-ring (bicyclic) bond motifs is 5. The fraction of sp³-hybridized carbons (Fsp3) is 0.425. The third-order valence-corrected chi connectivity index (χ3v) is 11.5. The van der Waals surface area contributed by atoms with E-state index in [1.54, 1.807) is 5.43 Å². The zero-order valence-electron chi connectivity index (χ0n) is 34.4. The third-order valence-electron chi connectivity index (χ3n) is 11.5. The smallest absolute Gasteiger partial charge is 0.325 e. The Bertz CT molecular complexity index is 2530. The van der Waals surface area contributed by atoms with Crippen molar-refractivity contribution < 1.29 is 93.9 Å². The van der Waals surface area contributed by atoms with Crippen LogP contribution < -0.4 is 21.2 Å². The number of phenols is 3. The third kappa shape index (κ3) is 8.02. The van der Waals surface area contributed by atoms with Gasteiger partial charge in [-0.05, 0) is 49.6 Å². The highest BCUT2D eigenvalue weighted by Crippen LogP contribution is 2.57. The predicted octanol–water partition coefficient (Wildman–Crippen LogP) is -1.74. The molecule has 0 radical (unpaired) electrons. The fourth-order valence-electron chi connectivity index (χ4n) is 8.34. The number of nitrogens with one attached hydrogen (secondary N) is 2. The average Bonchev–Trinajstić information content (AvgIpc) is 3.23. The number of aliphatic imine (C=N–C) groups is 1. The molecule has 0 bridgehead atoms. The normalized spacial score (nSPS) is 28.8. The molecule has 4 aliphatic rings. The van der Waals surface area contributed by atoms with Gasteiger partial charge in [0.15, 0.2) is 29.2 Å². The van der Waals surface area contributed by atoms with Gasteiger partial charge in [-0.25, -0.2) is 15.1 Å². The number of carboxylic acid groups (broad SMARTS) is 1. The fourth-order valence-corrected chi connectivity index (χ4v) is 8.34. The average molecular weight is 914 g/mol. The molecule has 13 N–H and O–H groups in total. The van der Waals surface area contributed by atoms with Crippen LogP contribution >= 0.6 is 0 Å². The standard InChI is InChI=1S/C40H43N5O20/c1-10-5-17-23(30(52)20(10)36(56)42-11(2)37(57)58)22-15(8-16-24(31(22)53)27(49)14-6-13(61-4)7-18(46)21(14)26(16)48)28(50)34(17)64-39-33(55)35(65-38-32(54)29(51)19(47)9-62-38)25(12(3)63-39)43-40(41)44-45(59)60/h5-8,11-12,19,25,28-29,32-35,38-39,46-47,50-55H,9H2,1-4H3,(H,42,56)(H,57,58)(H3,41,43,44)/t11-,12-,19-,25+,28+,29+,32-,33-,34+,35+,38+,39+/m1/s1. The maximum absolute atomic E-state index is 14.1. The van der Waals surface area contributed by atoms with Crippen LogP contribution in [0, 0.1) is 17.0 Å². The number of aryl methyl sites for hydroxylation is 1. The molecule has 2 heterocycles. The number of aliphatic hydroxyl groups excluding tert-OH is 5. The predicted molar refractivity (Wildman–Crippen MR) is 213 cm³/mol. The first-order valence-electron chi connectivity index (χ1n) is 19.6. The Morgan fingerprint density at radius 2 is 1.55 bits per heavy atom. The number of carbonyl (C=O) groups excluding carboxylic acids is 3. The highest BCUT2D eigenvalue weighted by atomic mass is 16.7. The summed E-state index contributed by atoms with van der Waals surface area (Å²) in [5.74, 6) is -7.88. The number of hydrogen-bond donors (Lipinski definition) is 12. The van der Waals surface area contributed by atoms with Gasteiger partial charge in [-0.15, -0.1) is 0 Å². The van der Waals surface area contributed by atoms with Gasteiger partial charge in [0.1, 0.15) is 77.8 Å². The molecule has 12 atom stereocenters. The molecule has 25 heteroatoms. The maximum Gasteiger partial charge on any atom is 0.325 e. The minimum atomic E-state index is -2.08. The summed E-state index contributed by atoms with van der Waals surface area (Å²) in [4.78, 5) is 68.6. The first kappa shape index (κ1) is 46.4. The molecular formula is C40H43N5O20. The Morgan fingerprint density at radius 1 is 0.908 bits per heavy atom. The lowest BCUT2D eigenvalue weighted by Crippen LogP contribution is -2.62. The molecular weight excluding hydrogens is 870 g/mol. The lowest BCUT2D eigenvalue weighted by molar-refractivity contribution is -0.525. The van der Waals surface area contributed by atoms with Crippen LogP contribution in [0.4, 0.5) is 0 Å². The van der Waals surface area contributed by atoms with E-state index in [2.05, 4.69) is 10.3 Å². The Morgan fingerprint density at radius 3 is 2.20 bits per heavy atom. The zero-order valence-corrected chi connectivity index (χ0v) is 34.4. The Hall–Kier alpha value is -6.55. The molecule has 0 unspecified atom stereocenters. The number of amides is 1. The minimum absolute atomic E-state index is 0.0221. The van der Waals surface area contributed by atoms with Gasteiger partial charge in [-0.1, -0.05) is 11.5 Å². The number of ether oxygens (including phenoxy) is 5. The van der Waals surface area contributed by atoms with Crippen molar-refractivity contribution in [3.05, 3.63) is 78.9 Å². The van der Waals surface area contributed by atoms with Crippen LogP contribution in [0.5, 0.6) is 23.0 Å². The van der Waals surface area contributed by atoms with Gasteiger partial charge < -0.3 is 80.7 Å². The second-order valence-electron chi connectivity index (χ2n) is 15.7. The van der Waals surface area contributed by atoms with Crippen molar-refractivity contribution in [2.45, 2.75) is 94.3 Å². The summed E-state index contributed by atoms with van der Waals surface area (Å²) < 4.78 is 28.6. The van der Waals surface area contributed by atoms with Gasteiger partial charge in [0.05, 0.1) is 36.5 Å². The number of guanidine groups is 1. The van der Waals surface area contributed by atoms with Crippen molar-refractivity contribution in [3.8, 4) is 34.1 Å². The van der Waals surface area contributed by atoms with Crippen LogP contribution in [0.1, 0.15) is 84.9 Å². The number of aromatic hydroxyl groups is 3. The van der Waals surface area contributed by atoms with Crippen molar-refractivity contribution in [3.63, 3.8) is 0 Å². The van der Waals surface area contributed by atoms with Gasteiger partial charge in [-0.3, -0.25) is 19.2 Å². The summed E-state index contributed by atoms with van der Waals surface area (Å²) in [5.41, 5.74) is 3.24. The minimum Gasteiger partial charge on any atom is -0.507 e. The molecule has 2 aliphatic carbocycles. The summed E-state index contributed by atoms with van der Waals surface area (Å²) in [6, 6.07) is 1.49. The molecule has 65 heavy (non-hydrogen) atoms. The van der Waals surface area contributed by atoms with Gasteiger partial charge in [0.25, 0.3) is 11.9 Å². The number of carboxylic acids is 1. The van der Waals surface area contributed by atoms with Crippen LogP contribution in [0.3, 0.4) is 0 Å². The van der Waals surface area contributed by atoms with E-state index in [0.29, 0.717) is 0 Å². The number of carbonyl (C=O) groups is 4. The summed E-state index contributed by atoms with van der Waals surface area (Å²) in [7, 11) is 1.24. The van der Waals surface area contributed by atoms with E-state index in [1.165, 1.54) is 27.0 Å². The van der Waals surface area contributed by atoms with E-state index in [9.17, 15) is 75.3 Å². The Kier molecular flexibility index (Phi) is 12.5. The van der Waals surface area contributed by atoms with Crippen LogP contribution in [0.2, 0.25) is 0 Å². The molecule has 1 amide bonds. The second-order valence-corrected chi connectivity index (χ2v) is 15.7. The van der Waals surface area contributed by atoms with Gasteiger partial charge in [0, 0.05) is 28.3 Å². The van der Waals surface area contributed by atoms with E-state index in [-0.39, 0.29) is 22.4 Å². The highest BCUT2D eigenvalue weighted by molar-refractivity contribution is 6.31. The summed E-state index contributed by atoms with van der Waals surface area (Å²) in [5, 5.41) is 112. The molecule has 2 aliphatic heterocycles. The Balaban J connectivity index is 1.37. The SMILES string of the molecule is COc1cc(O)c2c(c1)C(=O)c1c(cc3c(c1O)-c1c(cc(C)c(C(=O)N[C@H](C)C(=O)O)c1O)[C@H](O[C@@H]1O[C@H](C)[C@H](N=C(N)N[N+](=O)[O-])[C@H](O[C@@H]4OC[C@@H](O)[C@H](O)[C@H]4O)[C@H]1O)[C@H]3O)C2=O. The molecule has 7 rings (SSSR count). The number of rotatable bonds is 10. The Labute approximate surface area is 365 Å². The van der Waals surface area contributed by atoms with Crippen molar-refractivity contribution in [1.82, 2.24) is 10.7 Å². The second kappa shape index (κ2) is 17.4.